The molecule has 1 N–H and O–H groups in total. The van der Waals surface area contributed by atoms with E-state index in [0.29, 0.717) is 17.1 Å². The van der Waals surface area contributed by atoms with Crippen LogP contribution in [0.25, 0.3) is 0 Å². The van der Waals surface area contributed by atoms with Crippen molar-refractivity contribution in [3.63, 3.8) is 0 Å². The van der Waals surface area contributed by atoms with Crippen molar-refractivity contribution < 1.29 is 9.59 Å². The summed E-state index contributed by atoms with van der Waals surface area (Å²) < 4.78 is 0.984. The van der Waals surface area contributed by atoms with Crippen LogP contribution in [-0.2, 0) is 9.59 Å². The van der Waals surface area contributed by atoms with Crippen molar-refractivity contribution in [2.75, 3.05) is 4.90 Å². The number of nitrogens with zero attached hydrogens (tertiary/aromatic N) is 1. The van der Waals surface area contributed by atoms with Gasteiger partial charge in [-0.15, -0.1) is 0 Å². The van der Waals surface area contributed by atoms with E-state index in [2.05, 4.69) is 27.9 Å². The summed E-state index contributed by atoms with van der Waals surface area (Å²) in [5, 5.41) is 3.24. The molecule has 0 aliphatic carbocycles. The summed E-state index contributed by atoms with van der Waals surface area (Å²) >= 11 is 8.42. The zero-order chi connectivity index (χ0) is 15.1. The molecule has 1 aliphatic heterocycles. The van der Waals surface area contributed by atoms with Crippen molar-refractivity contribution in [1.29, 1.82) is 0 Å². The number of anilines is 1. The lowest BCUT2D eigenvalue weighted by Crippen LogP contribution is -2.68. The number of carbonyl (C=O) groups is 2. The van der Waals surface area contributed by atoms with E-state index in [4.69, 9.17) is 11.6 Å². The van der Waals surface area contributed by atoms with Crippen LogP contribution in [0.4, 0.5) is 5.69 Å². The fourth-order valence-electron chi connectivity index (χ4n) is 2.33. The molecule has 1 fully saturated rings. The Balaban J connectivity index is 2.54. The largest absolute Gasteiger partial charge is 0.340 e. The van der Waals surface area contributed by atoms with Crippen LogP contribution in [0.5, 0.6) is 0 Å². The van der Waals surface area contributed by atoms with Crippen LogP contribution in [0.1, 0.15) is 27.2 Å². The number of piperazine rings is 1. The molecule has 0 radical (unpaired) electrons. The molecule has 4 nitrogen and oxygen atoms in total. The van der Waals surface area contributed by atoms with Crippen LogP contribution in [0, 0.1) is 3.57 Å². The average molecular weight is 407 g/mol. The molecule has 1 heterocycles. The zero-order valence-electron chi connectivity index (χ0n) is 11.5. The van der Waals surface area contributed by atoms with E-state index in [1.807, 2.05) is 13.0 Å². The Hall–Kier alpha value is -0.820. The molecule has 1 aliphatic rings. The first kappa shape index (κ1) is 15.6. The van der Waals surface area contributed by atoms with E-state index in [1.54, 1.807) is 26.0 Å². The highest BCUT2D eigenvalue weighted by atomic mass is 127. The molecule has 1 saturated heterocycles. The maximum absolute atomic E-state index is 12.7. The van der Waals surface area contributed by atoms with Gasteiger partial charge in [0, 0.05) is 3.57 Å². The monoisotopic (exact) mass is 406 g/mol. The summed E-state index contributed by atoms with van der Waals surface area (Å²) in [6.45, 7) is 5.28. The van der Waals surface area contributed by atoms with Crippen molar-refractivity contribution in [1.82, 2.24) is 5.32 Å². The normalized spacial score (nSPS) is 21.9. The Morgan fingerprint density at radius 1 is 1.40 bits per heavy atom. The third-order valence-electron chi connectivity index (χ3n) is 3.36. The summed E-state index contributed by atoms with van der Waals surface area (Å²) in [5.74, 6) is -0.293. The maximum atomic E-state index is 12.7. The molecule has 108 valence electrons. The molecule has 2 amide bonds. The smallest absolute Gasteiger partial charge is 0.252 e. The van der Waals surface area contributed by atoms with Crippen LogP contribution in [0.15, 0.2) is 18.2 Å². The average Bonchev–Trinajstić information content (AvgIpc) is 2.34. The van der Waals surface area contributed by atoms with Gasteiger partial charge in [0.15, 0.2) is 0 Å². The molecule has 0 spiro atoms. The predicted molar refractivity (Wildman–Crippen MR) is 88.0 cm³/mol. The summed E-state index contributed by atoms with van der Waals surface area (Å²) in [5.41, 5.74) is -0.332. The van der Waals surface area contributed by atoms with Crippen molar-refractivity contribution in [2.24, 2.45) is 0 Å². The molecule has 0 saturated carbocycles. The van der Waals surface area contributed by atoms with Gasteiger partial charge in [0.2, 0.25) is 5.91 Å². The Morgan fingerprint density at radius 2 is 2.05 bits per heavy atom. The van der Waals surface area contributed by atoms with E-state index in [9.17, 15) is 9.59 Å². The van der Waals surface area contributed by atoms with Gasteiger partial charge in [0.05, 0.1) is 10.7 Å². The number of hydrogen-bond acceptors (Lipinski definition) is 2. The predicted octanol–water partition coefficient (Wildman–Crippen LogP) is 2.96. The first-order valence-corrected chi connectivity index (χ1v) is 7.84. The van der Waals surface area contributed by atoms with E-state index >= 15 is 0 Å². The molecular formula is C14H16ClIN2O2. The minimum Gasteiger partial charge on any atom is -0.340 e. The molecular weight excluding hydrogens is 391 g/mol. The molecule has 1 aromatic carbocycles. The van der Waals surface area contributed by atoms with E-state index < -0.39 is 11.6 Å². The number of benzene rings is 1. The Labute approximate surface area is 137 Å². The second kappa shape index (κ2) is 5.52. The molecule has 1 unspecified atom stereocenters. The highest BCUT2D eigenvalue weighted by Gasteiger charge is 2.45. The number of carbonyl (C=O) groups excluding carboxylic acids is 2. The topological polar surface area (TPSA) is 49.4 Å². The van der Waals surface area contributed by atoms with Crippen LogP contribution >= 0.6 is 34.2 Å². The van der Waals surface area contributed by atoms with Crippen molar-refractivity contribution in [3.05, 3.63) is 26.8 Å². The molecule has 6 heteroatoms. The molecule has 20 heavy (non-hydrogen) atoms. The van der Waals surface area contributed by atoms with E-state index in [1.165, 1.54) is 4.90 Å². The second-order valence-corrected chi connectivity index (χ2v) is 6.96. The van der Waals surface area contributed by atoms with Gasteiger partial charge in [-0.2, -0.15) is 0 Å². The highest BCUT2D eigenvalue weighted by Crippen LogP contribution is 2.33. The van der Waals surface area contributed by atoms with Crippen LogP contribution in [-0.4, -0.2) is 23.4 Å². The summed E-state index contributed by atoms with van der Waals surface area (Å²) in [4.78, 5) is 26.4. The minimum absolute atomic E-state index is 0.146. The number of hydrogen-bond donors (Lipinski definition) is 1. The molecule has 0 aromatic heterocycles. The quantitative estimate of drug-likeness (QED) is 0.768. The van der Waals surface area contributed by atoms with Crippen molar-refractivity contribution in [2.45, 2.75) is 38.8 Å². The first-order chi connectivity index (χ1) is 9.27. The third kappa shape index (κ3) is 2.65. The lowest BCUT2D eigenvalue weighted by atomic mass is 9.95. The zero-order valence-corrected chi connectivity index (χ0v) is 14.4. The lowest BCUT2D eigenvalue weighted by molar-refractivity contribution is -0.137. The van der Waals surface area contributed by atoms with E-state index in [0.717, 1.165) is 3.57 Å². The summed E-state index contributed by atoms with van der Waals surface area (Å²) in [7, 11) is 0. The van der Waals surface area contributed by atoms with E-state index in [-0.39, 0.29) is 11.8 Å². The van der Waals surface area contributed by atoms with Gasteiger partial charge in [0.25, 0.3) is 5.91 Å². The van der Waals surface area contributed by atoms with Gasteiger partial charge in [-0.05, 0) is 61.1 Å². The third-order valence-corrected chi connectivity index (χ3v) is 4.33. The van der Waals surface area contributed by atoms with Crippen molar-refractivity contribution in [3.8, 4) is 0 Å². The summed E-state index contributed by atoms with van der Waals surface area (Å²) in [6.07, 6.45) is 0.538. The van der Waals surface area contributed by atoms with Gasteiger partial charge in [0.1, 0.15) is 11.6 Å². The Bertz CT molecular complexity index is 574. The Kier molecular flexibility index (Phi) is 4.30. The highest BCUT2D eigenvalue weighted by molar-refractivity contribution is 14.1. The molecule has 1 aromatic rings. The van der Waals surface area contributed by atoms with Crippen LogP contribution in [0.3, 0.4) is 0 Å². The standard InChI is InChI=1S/C14H16ClIN2O2/c1-4-10-12(19)17-14(2,3)13(20)18(10)11-6-5-8(16)7-9(11)15/h5-7,10H,4H2,1-3H3,(H,17,19). The van der Waals surface area contributed by atoms with Gasteiger partial charge in [-0.1, -0.05) is 18.5 Å². The number of amides is 2. The second-order valence-electron chi connectivity index (χ2n) is 5.31. The van der Waals surface area contributed by atoms with Gasteiger partial charge < -0.3 is 5.32 Å². The molecule has 2 rings (SSSR count). The number of nitrogens with one attached hydrogen (secondary N) is 1. The summed E-state index contributed by atoms with van der Waals surface area (Å²) in [6, 6.07) is 4.94. The van der Waals surface area contributed by atoms with Gasteiger partial charge >= 0.3 is 0 Å². The first-order valence-electron chi connectivity index (χ1n) is 6.38. The Morgan fingerprint density at radius 3 is 2.60 bits per heavy atom. The number of halogens is 2. The van der Waals surface area contributed by atoms with Gasteiger partial charge in [-0.3, -0.25) is 14.5 Å². The maximum Gasteiger partial charge on any atom is 0.252 e. The fourth-order valence-corrected chi connectivity index (χ4v) is 3.27. The SMILES string of the molecule is CCC1C(=O)NC(C)(C)C(=O)N1c1ccc(I)cc1Cl. The minimum atomic E-state index is -0.922. The fraction of sp³-hybridized carbons (Fsp3) is 0.429. The lowest BCUT2D eigenvalue weighted by Gasteiger charge is -2.42. The molecule has 1 atom stereocenters. The molecule has 0 bridgehead atoms. The van der Waals surface area contributed by atoms with Crippen molar-refractivity contribution >= 4 is 51.7 Å². The van der Waals surface area contributed by atoms with Gasteiger partial charge in [-0.25, -0.2) is 0 Å². The van der Waals surface area contributed by atoms with Crippen LogP contribution in [0.2, 0.25) is 5.02 Å². The van der Waals surface area contributed by atoms with Crippen LogP contribution < -0.4 is 10.2 Å². The number of rotatable bonds is 2.